The van der Waals surface area contributed by atoms with E-state index in [1.165, 1.54) is 50.6 Å². The van der Waals surface area contributed by atoms with E-state index < -0.39 is 5.60 Å². The van der Waals surface area contributed by atoms with Crippen molar-refractivity contribution in [2.24, 2.45) is 0 Å². The number of aliphatic hydroxyl groups is 1. The largest absolute Gasteiger partial charge is 0.380 e. The number of hydrogen-bond donors (Lipinski definition) is 1. The molecule has 5 rings (SSSR count). The van der Waals surface area contributed by atoms with E-state index in [9.17, 15) is 9.90 Å². The lowest BCUT2D eigenvalue weighted by atomic mass is 9.70. The number of benzene rings is 1. The van der Waals surface area contributed by atoms with Crippen molar-refractivity contribution in [2.75, 3.05) is 19.6 Å². The van der Waals surface area contributed by atoms with Crippen molar-refractivity contribution in [3.8, 4) is 0 Å². The molecule has 0 unspecified atom stereocenters. The lowest BCUT2D eigenvalue weighted by Gasteiger charge is -2.45. The Balaban J connectivity index is 1.30. The molecular weight excluding hydrogens is 348 g/mol. The molecule has 0 spiro atoms. The zero-order chi connectivity index (χ0) is 19.2. The van der Waals surface area contributed by atoms with Gasteiger partial charge < -0.3 is 10.0 Å². The summed E-state index contributed by atoms with van der Waals surface area (Å²) < 4.78 is 0. The highest BCUT2D eigenvalue weighted by atomic mass is 16.3. The van der Waals surface area contributed by atoms with E-state index in [0.29, 0.717) is 12.8 Å². The van der Waals surface area contributed by atoms with E-state index in [2.05, 4.69) is 35.2 Å². The summed E-state index contributed by atoms with van der Waals surface area (Å²) in [4.78, 5) is 17.3. The van der Waals surface area contributed by atoms with Gasteiger partial charge in [-0.2, -0.15) is 0 Å². The van der Waals surface area contributed by atoms with E-state index in [0.717, 1.165) is 38.0 Å². The Morgan fingerprint density at radius 2 is 1.61 bits per heavy atom. The molecule has 152 valence electrons. The minimum Gasteiger partial charge on any atom is -0.380 e. The topological polar surface area (TPSA) is 43.8 Å². The van der Waals surface area contributed by atoms with Crippen molar-refractivity contribution < 1.29 is 9.90 Å². The number of nitrogens with zero attached hydrogens (tertiary/aromatic N) is 2. The van der Waals surface area contributed by atoms with Crippen LogP contribution in [0.4, 0.5) is 0 Å². The molecule has 3 heterocycles. The van der Waals surface area contributed by atoms with Gasteiger partial charge in [0, 0.05) is 25.2 Å². The molecule has 1 aliphatic carbocycles. The summed E-state index contributed by atoms with van der Waals surface area (Å²) >= 11 is 0. The van der Waals surface area contributed by atoms with Crippen LogP contribution in [0.25, 0.3) is 0 Å². The molecule has 0 aromatic heterocycles. The summed E-state index contributed by atoms with van der Waals surface area (Å²) in [5.41, 5.74) is 0.581. The third-order valence-corrected chi connectivity index (χ3v) is 8.21. The van der Waals surface area contributed by atoms with Gasteiger partial charge in [-0.1, -0.05) is 36.8 Å². The summed E-state index contributed by atoms with van der Waals surface area (Å²) in [7, 11) is 0. The van der Waals surface area contributed by atoms with E-state index >= 15 is 0 Å². The zero-order valence-electron chi connectivity index (χ0n) is 17.0. The Kier molecular flexibility index (Phi) is 4.75. The average molecular weight is 383 g/mol. The second-order valence-electron chi connectivity index (χ2n) is 9.77. The van der Waals surface area contributed by atoms with Crippen LogP contribution in [0.2, 0.25) is 0 Å². The molecular formula is C24H34N2O2. The summed E-state index contributed by atoms with van der Waals surface area (Å²) in [5, 5.41) is 10.2. The van der Waals surface area contributed by atoms with Crippen molar-refractivity contribution in [3.05, 3.63) is 35.9 Å². The molecule has 3 saturated heterocycles. The SMILES string of the molecule is O=C(N1CCC(CCN2[C@@H]3CCC[C@H]2CC3)(c2ccccc2)CC1)C1(O)CC1. The maximum absolute atomic E-state index is 12.6. The van der Waals surface area contributed by atoms with Gasteiger partial charge in [0.05, 0.1) is 0 Å². The third-order valence-electron chi connectivity index (χ3n) is 8.21. The van der Waals surface area contributed by atoms with Gasteiger partial charge in [-0.15, -0.1) is 0 Å². The van der Waals surface area contributed by atoms with E-state index in [4.69, 9.17) is 0 Å². The molecule has 4 fully saturated rings. The van der Waals surface area contributed by atoms with Gasteiger partial charge in [0.1, 0.15) is 5.60 Å². The van der Waals surface area contributed by atoms with E-state index in [1.54, 1.807) is 0 Å². The number of hydrogen-bond acceptors (Lipinski definition) is 3. The van der Waals surface area contributed by atoms with Crippen LogP contribution in [0.3, 0.4) is 0 Å². The average Bonchev–Trinajstić information content (AvgIpc) is 3.45. The molecule has 4 aliphatic rings. The normalized spacial score (nSPS) is 31.0. The first kappa shape index (κ1) is 18.6. The molecule has 4 heteroatoms. The van der Waals surface area contributed by atoms with Crippen LogP contribution in [-0.2, 0) is 10.2 Å². The molecule has 2 bridgehead atoms. The highest BCUT2D eigenvalue weighted by molar-refractivity contribution is 5.87. The fourth-order valence-electron chi connectivity index (χ4n) is 6.17. The maximum atomic E-state index is 12.6. The second kappa shape index (κ2) is 7.14. The van der Waals surface area contributed by atoms with Crippen molar-refractivity contribution in [1.82, 2.24) is 9.80 Å². The maximum Gasteiger partial charge on any atom is 0.254 e. The number of carbonyl (C=O) groups excluding carboxylic acids is 1. The molecule has 28 heavy (non-hydrogen) atoms. The first-order chi connectivity index (χ1) is 13.6. The van der Waals surface area contributed by atoms with Crippen LogP contribution in [0.5, 0.6) is 0 Å². The van der Waals surface area contributed by atoms with E-state index in [-0.39, 0.29) is 11.3 Å². The molecule has 2 atom stereocenters. The van der Waals surface area contributed by atoms with Crippen LogP contribution < -0.4 is 0 Å². The Morgan fingerprint density at radius 3 is 2.21 bits per heavy atom. The first-order valence-electron chi connectivity index (χ1n) is 11.4. The summed E-state index contributed by atoms with van der Waals surface area (Å²) in [6.07, 6.45) is 11.5. The Bertz CT molecular complexity index is 691. The van der Waals surface area contributed by atoms with Gasteiger partial charge in [-0.05, 0) is 75.3 Å². The van der Waals surface area contributed by atoms with Gasteiger partial charge in [-0.25, -0.2) is 0 Å². The predicted octanol–water partition coefficient (Wildman–Crippen LogP) is 3.48. The van der Waals surface area contributed by atoms with Gasteiger partial charge in [0.15, 0.2) is 0 Å². The summed E-state index contributed by atoms with van der Waals surface area (Å²) in [6, 6.07) is 12.6. The monoisotopic (exact) mass is 382 g/mol. The number of carbonyl (C=O) groups is 1. The van der Waals surface area contributed by atoms with Gasteiger partial charge in [0.2, 0.25) is 0 Å². The minimum absolute atomic E-state index is 0.0248. The highest BCUT2D eigenvalue weighted by Crippen LogP contribution is 2.43. The number of fused-ring (bicyclic) bond motifs is 2. The fourth-order valence-corrected chi connectivity index (χ4v) is 6.17. The van der Waals surface area contributed by atoms with Crippen LogP contribution in [0.15, 0.2) is 30.3 Å². The summed E-state index contributed by atoms with van der Waals surface area (Å²) in [5.74, 6) is -0.0248. The number of amides is 1. The van der Waals surface area contributed by atoms with Crippen molar-refractivity contribution in [2.45, 2.75) is 87.3 Å². The minimum atomic E-state index is -1.03. The van der Waals surface area contributed by atoms with Gasteiger partial charge in [-0.3, -0.25) is 9.69 Å². The molecule has 0 radical (unpaired) electrons. The van der Waals surface area contributed by atoms with E-state index in [1.807, 2.05) is 4.90 Å². The van der Waals surface area contributed by atoms with Crippen LogP contribution in [0, 0.1) is 0 Å². The highest BCUT2D eigenvalue weighted by Gasteiger charge is 2.51. The smallest absolute Gasteiger partial charge is 0.254 e. The quantitative estimate of drug-likeness (QED) is 0.848. The van der Waals surface area contributed by atoms with Crippen molar-refractivity contribution in [3.63, 3.8) is 0 Å². The Hall–Kier alpha value is -1.39. The van der Waals surface area contributed by atoms with Crippen LogP contribution >= 0.6 is 0 Å². The van der Waals surface area contributed by atoms with Gasteiger partial charge in [0.25, 0.3) is 5.91 Å². The van der Waals surface area contributed by atoms with Crippen molar-refractivity contribution >= 4 is 5.91 Å². The zero-order valence-corrected chi connectivity index (χ0v) is 17.0. The lowest BCUT2D eigenvalue weighted by molar-refractivity contribution is -0.144. The first-order valence-corrected chi connectivity index (χ1v) is 11.4. The lowest BCUT2D eigenvalue weighted by Crippen LogP contribution is -2.50. The van der Waals surface area contributed by atoms with Crippen LogP contribution in [0.1, 0.15) is 69.8 Å². The predicted molar refractivity (Wildman–Crippen MR) is 110 cm³/mol. The molecule has 1 amide bonds. The van der Waals surface area contributed by atoms with Crippen molar-refractivity contribution in [1.29, 1.82) is 0 Å². The van der Waals surface area contributed by atoms with Gasteiger partial charge >= 0.3 is 0 Å². The third kappa shape index (κ3) is 3.29. The molecule has 1 saturated carbocycles. The Labute approximate surface area is 168 Å². The second-order valence-corrected chi connectivity index (χ2v) is 9.77. The van der Waals surface area contributed by atoms with Crippen LogP contribution in [-0.4, -0.2) is 58.1 Å². The number of rotatable bonds is 5. The molecule has 1 aromatic rings. The number of piperidine rings is 2. The number of likely N-dealkylation sites (tertiary alicyclic amines) is 1. The molecule has 1 aromatic carbocycles. The Morgan fingerprint density at radius 1 is 0.964 bits per heavy atom. The fraction of sp³-hybridized carbons (Fsp3) is 0.708. The summed E-state index contributed by atoms with van der Waals surface area (Å²) in [6.45, 7) is 2.76. The molecule has 3 aliphatic heterocycles. The standard InChI is InChI=1S/C24H34N2O2/c27-22(24(28)11-12-24)25-16-13-23(14-17-25,19-5-2-1-3-6-19)15-18-26-20-7-4-8-21(26)10-9-20/h1-3,5-6,20-21,28H,4,7-18H2/t20-,21+. The molecule has 1 N–H and O–H groups in total. The molecule has 4 nitrogen and oxygen atoms in total.